The van der Waals surface area contributed by atoms with Crippen LogP contribution in [0.4, 0.5) is 18.9 Å². The maximum Gasteiger partial charge on any atom is 0.416 e. The van der Waals surface area contributed by atoms with Crippen molar-refractivity contribution < 1.29 is 21.6 Å². The predicted molar refractivity (Wildman–Crippen MR) is 76.6 cm³/mol. The van der Waals surface area contributed by atoms with Crippen molar-refractivity contribution in [1.82, 2.24) is 5.32 Å². The number of hydrogen-bond donors (Lipinski definition) is 2. The summed E-state index contributed by atoms with van der Waals surface area (Å²) in [7, 11) is -3.63. The van der Waals surface area contributed by atoms with E-state index in [0.717, 1.165) is 25.2 Å². The van der Waals surface area contributed by atoms with Gasteiger partial charge in [-0.15, -0.1) is 0 Å². The molecule has 0 saturated carbocycles. The normalized spacial score (nSPS) is 12.4. The van der Waals surface area contributed by atoms with E-state index in [4.69, 9.17) is 0 Å². The zero-order valence-electron chi connectivity index (χ0n) is 11.7. The Morgan fingerprint density at radius 2 is 1.90 bits per heavy atom. The SMILES string of the molecule is CCNCCCCS(=O)(=O)Nc1cccc(C(F)(F)F)c1. The van der Waals surface area contributed by atoms with E-state index in [9.17, 15) is 21.6 Å². The van der Waals surface area contributed by atoms with Crippen LogP contribution in [0.15, 0.2) is 24.3 Å². The molecule has 0 aliphatic heterocycles. The first-order valence-electron chi connectivity index (χ1n) is 6.63. The van der Waals surface area contributed by atoms with Crippen molar-refractivity contribution in [2.75, 3.05) is 23.6 Å². The Bertz CT molecular complexity index is 545. The van der Waals surface area contributed by atoms with Gasteiger partial charge in [-0.1, -0.05) is 13.0 Å². The van der Waals surface area contributed by atoms with Crippen LogP contribution < -0.4 is 10.0 Å². The largest absolute Gasteiger partial charge is 0.416 e. The molecule has 21 heavy (non-hydrogen) atoms. The van der Waals surface area contributed by atoms with Crippen molar-refractivity contribution in [2.24, 2.45) is 0 Å². The summed E-state index contributed by atoms with van der Waals surface area (Å²) in [5.74, 6) is -0.116. The molecule has 0 aliphatic carbocycles. The minimum atomic E-state index is -4.49. The van der Waals surface area contributed by atoms with Crippen molar-refractivity contribution in [3.8, 4) is 0 Å². The highest BCUT2D eigenvalue weighted by Gasteiger charge is 2.30. The molecule has 0 fully saturated rings. The molecule has 120 valence electrons. The lowest BCUT2D eigenvalue weighted by molar-refractivity contribution is -0.137. The van der Waals surface area contributed by atoms with Crippen LogP contribution in [0.3, 0.4) is 0 Å². The molecule has 0 bridgehead atoms. The van der Waals surface area contributed by atoms with Crippen molar-refractivity contribution >= 4 is 15.7 Å². The van der Waals surface area contributed by atoms with Gasteiger partial charge in [0.1, 0.15) is 0 Å². The summed E-state index contributed by atoms with van der Waals surface area (Å²) in [6.45, 7) is 3.48. The summed E-state index contributed by atoms with van der Waals surface area (Å²) >= 11 is 0. The van der Waals surface area contributed by atoms with Gasteiger partial charge in [-0.3, -0.25) is 4.72 Å². The molecule has 1 aromatic rings. The van der Waals surface area contributed by atoms with Crippen molar-refractivity contribution in [2.45, 2.75) is 25.9 Å². The summed E-state index contributed by atoms with van der Waals surface area (Å²) in [5, 5.41) is 3.07. The first-order chi connectivity index (χ1) is 9.74. The third-order valence-corrected chi connectivity index (χ3v) is 4.10. The molecule has 0 radical (unpaired) electrons. The van der Waals surface area contributed by atoms with Crippen molar-refractivity contribution in [3.63, 3.8) is 0 Å². The Morgan fingerprint density at radius 3 is 2.52 bits per heavy atom. The van der Waals surface area contributed by atoms with E-state index in [1.54, 1.807) is 0 Å². The first kappa shape index (κ1) is 17.8. The highest BCUT2D eigenvalue weighted by atomic mass is 32.2. The summed E-state index contributed by atoms with van der Waals surface area (Å²) in [6.07, 6.45) is -3.36. The van der Waals surface area contributed by atoms with Crippen molar-refractivity contribution in [3.05, 3.63) is 29.8 Å². The molecule has 0 unspecified atom stereocenters. The van der Waals surface area contributed by atoms with Crippen LogP contribution in [0, 0.1) is 0 Å². The van der Waals surface area contributed by atoms with E-state index in [-0.39, 0.29) is 11.4 Å². The lowest BCUT2D eigenvalue weighted by Crippen LogP contribution is -2.19. The molecular formula is C13H19F3N2O2S. The van der Waals surface area contributed by atoms with Crippen LogP contribution in [0.25, 0.3) is 0 Å². The Morgan fingerprint density at radius 1 is 1.19 bits per heavy atom. The number of nitrogens with one attached hydrogen (secondary N) is 2. The molecule has 0 aromatic heterocycles. The molecule has 0 saturated heterocycles. The highest BCUT2D eigenvalue weighted by molar-refractivity contribution is 7.92. The van der Waals surface area contributed by atoms with Gasteiger partial charge >= 0.3 is 6.18 Å². The van der Waals surface area contributed by atoms with Gasteiger partial charge in [0.05, 0.1) is 11.3 Å². The lowest BCUT2D eigenvalue weighted by Gasteiger charge is -2.11. The average molecular weight is 324 g/mol. The Hall–Kier alpha value is -1.28. The zero-order valence-corrected chi connectivity index (χ0v) is 12.5. The molecule has 0 aliphatic rings. The van der Waals surface area contributed by atoms with Crippen LogP contribution in [0.5, 0.6) is 0 Å². The van der Waals surface area contributed by atoms with E-state index in [1.807, 2.05) is 6.92 Å². The van der Waals surface area contributed by atoms with E-state index in [2.05, 4.69) is 10.0 Å². The fourth-order valence-electron chi connectivity index (χ4n) is 1.71. The second-order valence-corrected chi connectivity index (χ2v) is 6.40. The molecule has 8 heteroatoms. The van der Waals surface area contributed by atoms with Gasteiger partial charge in [-0.05, 0) is 44.1 Å². The van der Waals surface area contributed by atoms with Gasteiger partial charge in [-0.25, -0.2) is 8.42 Å². The van der Waals surface area contributed by atoms with E-state index in [0.29, 0.717) is 12.8 Å². The van der Waals surface area contributed by atoms with Gasteiger partial charge in [-0.2, -0.15) is 13.2 Å². The fourth-order valence-corrected chi connectivity index (χ4v) is 2.88. The second-order valence-electron chi connectivity index (χ2n) is 4.56. The maximum absolute atomic E-state index is 12.5. The van der Waals surface area contributed by atoms with Crippen LogP contribution >= 0.6 is 0 Å². The number of benzene rings is 1. The van der Waals surface area contributed by atoms with E-state index < -0.39 is 21.8 Å². The topological polar surface area (TPSA) is 58.2 Å². The van der Waals surface area contributed by atoms with Crippen LogP contribution in [-0.4, -0.2) is 27.3 Å². The number of unbranched alkanes of at least 4 members (excludes halogenated alkanes) is 1. The highest BCUT2D eigenvalue weighted by Crippen LogP contribution is 2.30. The van der Waals surface area contributed by atoms with Gasteiger partial charge in [0, 0.05) is 5.69 Å². The molecule has 0 atom stereocenters. The Kier molecular flexibility index (Phi) is 6.47. The van der Waals surface area contributed by atoms with Gasteiger partial charge in [0.2, 0.25) is 10.0 Å². The van der Waals surface area contributed by atoms with E-state index in [1.165, 1.54) is 12.1 Å². The minimum Gasteiger partial charge on any atom is -0.317 e. The van der Waals surface area contributed by atoms with Gasteiger partial charge < -0.3 is 5.32 Å². The molecular weight excluding hydrogens is 305 g/mol. The Balaban J connectivity index is 2.59. The summed E-state index contributed by atoms with van der Waals surface area (Å²) in [5.41, 5.74) is -0.952. The summed E-state index contributed by atoms with van der Waals surface area (Å²) in [6, 6.07) is 4.15. The summed E-state index contributed by atoms with van der Waals surface area (Å²) in [4.78, 5) is 0. The predicted octanol–water partition coefficient (Wildman–Crippen LogP) is 2.84. The summed E-state index contributed by atoms with van der Waals surface area (Å²) < 4.78 is 63.3. The van der Waals surface area contributed by atoms with Gasteiger partial charge in [0.15, 0.2) is 0 Å². The Labute approximate surface area is 122 Å². The molecule has 2 N–H and O–H groups in total. The number of alkyl halides is 3. The number of rotatable bonds is 8. The molecule has 1 aromatic carbocycles. The number of hydrogen-bond acceptors (Lipinski definition) is 3. The number of anilines is 1. The fraction of sp³-hybridized carbons (Fsp3) is 0.538. The molecule has 0 heterocycles. The van der Waals surface area contributed by atoms with Gasteiger partial charge in [0.25, 0.3) is 0 Å². The van der Waals surface area contributed by atoms with Crippen molar-refractivity contribution in [1.29, 1.82) is 0 Å². The van der Waals surface area contributed by atoms with Crippen LogP contribution in [0.2, 0.25) is 0 Å². The zero-order chi connectivity index (χ0) is 15.9. The number of halogens is 3. The maximum atomic E-state index is 12.5. The molecule has 0 amide bonds. The molecule has 0 spiro atoms. The third-order valence-electron chi connectivity index (χ3n) is 2.73. The second kappa shape index (κ2) is 7.65. The monoisotopic (exact) mass is 324 g/mol. The third kappa shape index (κ3) is 6.81. The molecule has 1 rings (SSSR count). The van der Waals surface area contributed by atoms with Crippen LogP contribution in [-0.2, 0) is 16.2 Å². The van der Waals surface area contributed by atoms with E-state index >= 15 is 0 Å². The lowest BCUT2D eigenvalue weighted by atomic mass is 10.2. The van der Waals surface area contributed by atoms with Crippen LogP contribution in [0.1, 0.15) is 25.3 Å². The average Bonchev–Trinajstić information content (AvgIpc) is 2.37. The minimum absolute atomic E-state index is 0.0727. The standard InChI is InChI=1S/C13H19F3N2O2S/c1-2-17-8-3-4-9-21(19,20)18-12-7-5-6-11(10-12)13(14,15)16/h5-7,10,17-18H,2-4,8-9H2,1H3. The first-order valence-corrected chi connectivity index (χ1v) is 8.28. The smallest absolute Gasteiger partial charge is 0.317 e. The number of sulfonamides is 1. The quantitative estimate of drug-likeness (QED) is 0.723. The molecule has 4 nitrogen and oxygen atoms in total.